The summed E-state index contributed by atoms with van der Waals surface area (Å²) in [5.74, 6) is 0.00333. The number of carbonyl (C=O) groups excluding carboxylic acids is 2. The first-order chi connectivity index (χ1) is 13.5. The molecule has 0 fully saturated rings. The Hall–Kier alpha value is -3.67. The van der Waals surface area contributed by atoms with Crippen molar-refractivity contribution in [2.75, 3.05) is 17.7 Å². The van der Waals surface area contributed by atoms with Crippen LogP contribution in [0, 0.1) is 13.8 Å². The van der Waals surface area contributed by atoms with Gasteiger partial charge in [0.15, 0.2) is 0 Å². The van der Waals surface area contributed by atoms with Crippen molar-refractivity contribution in [3.63, 3.8) is 0 Å². The van der Waals surface area contributed by atoms with Crippen LogP contribution < -0.4 is 10.6 Å². The summed E-state index contributed by atoms with van der Waals surface area (Å²) in [6.45, 7) is 3.98. The number of anilines is 3. The Kier molecular flexibility index (Phi) is 5.69. The SMILES string of the molecule is COC(=O)c1cccc(Nc2ccc(NC(=O)c3ccc(C)c(C)c3)cn2)c1. The maximum atomic E-state index is 12.4. The predicted octanol–water partition coefficient (Wildman–Crippen LogP) is 4.48. The molecule has 0 bridgehead atoms. The van der Waals surface area contributed by atoms with E-state index in [1.807, 2.05) is 32.0 Å². The number of nitrogens with one attached hydrogen (secondary N) is 2. The van der Waals surface area contributed by atoms with Crippen molar-refractivity contribution in [2.24, 2.45) is 0 Å². The van der Waals surface area contributed by atoms with Crippen LogP contribution in [0.2, 0.25) is 0 Å². The number of carbonyl (C=O) groups is 2. The van der Waals surface area contributed by atoms with E-state index < -0.39 is 5.97 Å². The number of methoxy groups -OCH3 is 1. The van der Waals surface area contributed by atoms with Gasteiger partial charge in [0.1, 0.15) is 5.82 Å². The highest BCUT2D eigenvalue weighted by Crippen LogP contribution is 2.19. The number of rotatable bonds is 5. The second kappa shape index (κ2) is 8.35. The molecule has 0 radical (unpaired) electrons. The first-order valence-electron chi connectivity index (χ1n) is 8.76. The molecule has 6 heteroatoms. The molecule has 6 nitrogen and oxygen atoms in total. The van der Waals surface area contributed by atoms with Gasteiger partial charge >= 0.3 is 5.97 Å². The highest BCUT2D eigenvalue weighted by Gasteiger charge is 2.09. The molecule has 0 aliphatic rings. The van der Waals surface area contributed by atoms with E-state index in [1.165, 1.54) is 7.11 Å². The zero-order valence-corrected chi connectivity index (χ0v) is 15.9. The molecular weight excluding hydrogens is 354 g/mol. The highest BCUT2D eigenvalue weighted by molar-refractivity contribution is 6.04. The number of esters is 1. The Morgan fingerprint density at radius 3 is 2.39 bits per heavy atom. The van der Waals surface area contributed by atoms with Crippen LogP contribution in [-0.2, 0) is 4.74 Å². The van der Waals surface area contributed by atoms with E-state index in [0.29, 0.717) is 28.3 Å². The lowest BCUT2D eigenvalue weighted by atomic mass is 10.1. The van der Waals surface area contributed by atoms with E-state index in [1.54, 1.807) is 42.6 Å². The minimum absolute atomic E-state index is 0.184. The van der Waals surface area contributed by atoms with Gasteiger partial charge in [-0.15, -0.1) is 0 Å². The molecular formula is C22H21N3O3. The molecule has 0 saturated carbocycles. The van der Waals surface area contributed by atoms with Crippen molar-refractivity contribution in [1.29, 1.82) is 0 Å². The highest BCUT2D eigenvalue weighted by atomic mass is 16.5. The molecule has 0 atom stereocenters. The number of amides is 1. The van der Waals surface area contributed by atoms with Crippen LogP contribution in [-0.4, -0.2) is 24.0 Å². The van der Waals surface area contributed by atoms with E-state index in [-0.39, 0.29) is 5.91 Å². The molecule has 0 aliphatic carbocycles. The molecule has 3 aromatic rings. The van der Waals surface area contributed by atoms with Crippen LogP contribution in [0.1, 0.15) is 31.8 Å². The third kappa shape index (κ3) is 4.54. The Bertz CT molecular complexity index is 1010. The zero-order chi connectivity index (χ0) is 20.1. The van der Waals surface area contributed by atoms with Crippen molar-refractivity contribution < 1.29 is 14.3 Å². The van der Waals surface area contributed by atoms with Gasteiger partial charge in [0.2, 0.25) is 0 Å². The number of hydrogen-bond acceptors (Lipinski definition) is 5. The molecule has 0 saturated heterocycles. The summed E-state index contributed by atoms with van der Waals surface area (Å²) in [5, 5.41) is 5.95. The Morgan fingerprint density at radius 1 is 0.893 bits per heavy atom. The van der Waals surface area contributed by atoms with Crippen LogP contribution in [0.4, 0.5) is 17.2 Å². The summed E-state index contributed by atoms with van der Waals surface area (Å²) in [6, 6.07) is 16.0. The molecule has 1 aromatic heterocycles. The average molecular weight is 375 g/mol. The number of nitrogens with zero attached hydrogens (tertiary/aromatic N) is 1. The Labute approximate surface area is 163 Å². The van der Waals surface area contributed by atoms with Gasteiger partial charge < -0.3 is 15.4 Å². The first-order valence-corrected chi connectivity index (χ1v) is 8.76. The molecule has 0 unspecified atom stereocenters. The number of aryl methyl sites for hydroxylation is 2. The molecule has 0 spiro atoms. The van der Waals surface area contributed by atoms with E-state index >= 15 is 0 Å². The fourth-order valence-electron chi connectivity index (χ4n) is 2.62. The fourth-order valence-corrected chi connectivity index (χ4v) is 2.62. The summed E-state index contributed by atoms with van der Waals surface area (Å²) in [7, 11) is 1.34. The second-order valence-electron chi connectivity index (χ2n) is 6.38. The third-order valence-corrected chi connectivity index (χ3v) is 4.35. The Morgan fingerprint density at radius 2 is 1.71 bits per heavy atom. The van der Waals surface area contributed by atoms with Gasteiger partial charge in [0.25, 0.3) is 5.91 Å². The van der Waals surface area contributed by atoms with Crippen molar-refractivity contribution in [3.8, 4) is 0 Å². The largest absolute Gasteiger partial charge is 0.465 e. The smallest absolute Gasteiger partial charge is 0.337 e. The van der Waals surface area contributed by atoms with Gasteiger partial charge in [-0.3, -0.25) is 4.79 Å². The monoisotopic (exact) mass is 375 g/mol. The normalized spacial score (nSPS) is 10.2. The van der Waals surface area contributed by atoms with Crippen molar-refractivity contribution >= 4 is 29.1 Å². The molecule has 2 N–H and O–H groups in total. The number of pyridine rings is 1. The van der Waals surface area contributed by atoms with Gasteiger partial charge in [-0.1, -0.05) is 12.1 Å². The van der Waals surface area contributed by atoms with E-state index in [0.717, 1.165) is 11.1 Å². The van der Waals surface area contributed by atoms with Crippen molar-refractivity contribution in [1.82, 2.24) is 4.98 Å². The zero-order valence-electron chi connectivity index (χ0n) is 15.9. The lowest BCUT2D eigenvalue weighted by Gasteiger charge is -2.09. The van der Waals surface area contributed by atoms with Crippen LogP contribution in [0.25, 0.3) is 0 Å². The van der Waals surface area contributed by atoms with Gasteiger partial charge in [-0.2, -0.15) is 0 Å². The molecule has 3 rings (SSSR count). The third-order valence-electron chi connectivity index (χ3n) is 4.35. The maximum Gasteiger partial charge on any atom is 0.337 e. The first kappa shape index (κ1) is 19.1. The summed E-state index contributed by atoms with van der Waals surface area (Å²) in [5.41, 5.74) is 4.57. The summed E-state index contributed by atoms with van der Waals surface area (Å²) >= 11 is 0. The molecule has 0 aliphatic heterocycles. The molecule has 1 heterocycles. The lowest BCUT2D eigenvalue weighted by molar-refractivity contribution is 0.0600. The number of ether oxygens (including phenoxy) is 1. The van der Waals surface area contributed by atoms with Crippen LogP contribution >= 0.6 is 0 Å². The molecule has 142 valence electrons. The number of hydrogen-bond donors (Lipinski definition) is 2. The molecule has 2 aromatic carbocycles. The predicted molar refractivity (Wildman–Crippen MR) is 109 cm³/mol. The van der Waals surface area contributed by atoms with Crippen molar-refractivity contribution in [2.45, 2.75) is 13.8 Å². The number of aromatic nitrogens is 1. The minimum Gasteiger partial charge on any atom is -0.465 e. The second-order valence-corrected chi connectivity index (χ2v) is 6.38. The van der Waals surface area contributed by atoms with Gasteiger partial charge in [-0.25, -0.2) is 9.78 Å². The summed E-state index contributed by atoms with van der Waals surface area (Å²) in [4.78, 5) is 28.3. The summed E-state index contributed by atoms with van der Waals surface area (Å²) in [6.07, 6.45) is 1.57. The van der Waals surface area contributed by atoms with E-state index in [4.69, 9.17) is 4.74 Å². The maximum absolute atomic E-state index is 12.4. The van der Waals surface area contributed by atoms with Crippen LogP contribution in [0.5, 0.6) is 0 Å². The van der Waals surface area contributed by atoms with E-state index in [9.17, 15) is 9.59 Å². The van der Waals surface area contributed by atoms with E-state index in [2.05, 4.69) is 15.6 Å². The topological polar surface area (TPSA) is 80.3 Å². The summed E-state index contributed by atoms with van der Waals surface area (Å²) < 4.78 is 4.72. The molecule has 1 amide bonds. The van der Waals surface area contributed by atoms with Crippen LogP contribution in [0.3, 0.4) is 0 Å². The van der Waals surface area contributed by atoms with Gasteiger partial charge in [-0.05, 0) is 67.4 Å². The quantitative estimate of drug-likeness (QED) is 0.643. The molecule has 28 heavy (non-hydrogen) atoms. The lowest BCUT2D eigenvalue weighted by Crippen LogP contribution is -2.12. The fraction of sp³-hybridized carbons (Fsp3) is 0.136. The van der Waals surface area contributed by atoms with Gasteiger partial charge in [0, 0.05) is 11.3 Å². The average Bonchev–Trinajstić information content (AvgIpc) is 2.71. The van der Waals surface area contributed by atoms with Crippen LogP contribution in [0.15, 0.2) is 60.8 Å². The standard InChI is InChI=1S/C22H21N3O3/c1-14-7-8-16(11-15(14)2)21(26)25-19-9-10-20(23-13-19)24-18-6-4-5-17(12-18)22(27)28-3/h4-13H,1-3H3,(H,23,24)(H,25,26). The van der Waals surface area contributed by atoms with Gasteiger partial charge in [0.05, 0.1) is 24.6 Å². The minimum atomic E-state index is -0.402. The number of benzene rings is 2. The van der Waals surface area contributed by atoms with Crippen molar-refractivity contribution in [3.05, 3.63) is 83.0 Å². The Balaban J connectivity index is 1.67.